The molecule has 0 radical (unpaired) electrons. The van der Waals surface area contributed by atoms with Gasteiger partial charge in [-0.05, 0) is 72.1 Å². The van der Waals surface area contributed by atoms with Crippen LogP contribution >= 0.6 is 21.6 Å². The van der Waals surface area contributed by atoms with Gasteiger partial charge < -0.3 is 45.4 Å². The molecule has 5 heterocycles. The summed E-state index contributed by atoms with van der Waals surface area (Å²) in [5, 5.41) is 71.5. The lowest BCUT2D eigenvalue weighted by Gasteiger charge is -2.59. The van der Waals surface area contributed by atoms with Crippen LogP contribution in [-0.2, 0) is 24.2 Å². The number of aliphatic hydroxyl groups is 6. The SMILES string of the molecule is O=C1c2cccc3c2C(=O)C2(CSSC4C=Cc5c(ccnc5N4)CC4CCC5(CO)OC(O3)C(O)C4(O)C5O)C(O)=CC(Cc3cccc(CO)c3)=CC12. The fourth-order valence-corrected chi connectivity index (χ4v) is 12.0. The van der Waals surface area contributed by atoms with Crippen molar-refractivity contribution >= 4 is 45.0 Å². The van der Waals surface area contributed by atoms with Crippen LogP contribution in [-0.4, -0.2) is 94.6 Å². The van der Waals surface area contributed by atoms with E-state index in [0.717, 1.165) is 22.3 Å². The van der Waals surface area contributed by atoms with Crippen LogP contribution in [0, 0.1) is 17.3 Å². The maximum atomic E-state index is 15.2. The number of ketones is 2. The predicted octanol–water partition coefficient (Wildman–Crippen LogP) is 3.91. The molecule has 286 valence electrons. The first-order valence-electron chi connectivity index (χ1n) is 18.3. The van der Waals surface area contributed by atoms with E-state index in [4.69, 9.17) is 9.47 Å². The third-order valence-electron chi connectivity index (χ3n) is 12.3. The minimum Gasteiger partial charge on any atom is -0.511 e. The number of benzene rings is 2. The van der Waals surface area contributed by atoms with E-state index in [1.165, 1.54) is 39.8 Å². The zero-order valence-electron chi connectivity index (χ0n) is 29.5. The molecule has 9 atom stereocenters. The van der Waals surface area contributed by atoms with Crippen LogP contribution in [0.4, 0.5) is 5.82 Å². The van der Waals surface area contributed by atoms with E-state index < -0.39 is 65.1 Å². The quantitative estimate of drug-likeness (QED) is 0.188. The van der Waals surface area contributed by atoms with Gasteiger partial charge in [-0.3, -0.25) is 9.59 Å². The summed E-state index contributed by atoms with van der Waals surface area (Å²) in [5.41, 5.74) is -1.84. The van der Waals surface area contributed by atoms with Crippen LogP contribution in [0.15, 0.2) is 84.3 Å². The summed E-state index contributed by atoms with van der Waals surface area (Å²) in [7, 11) is 2.76. The topological polar surface area (TPSA) is 199 Å². The summed E-state index contributed by atoms with van der Waals surface area (Å²) in [6, 6.07) is 13.7. The molecule has 12 nitrogen and oxygen atoms in total. The van der Waals surface area contributed by atoms with Crippen molar-refractivity contribution in [2.45, 2.75) is 67.4 Å². The van der Waals surface area contributed by atoms with Gasteiger partial charge in [-0.25, -0.2) is 4.98 Å². The third-order valence-corrected chi connectivity index (χ3v) is 14.9. The minimum absolute atomic E-state index is 0.00291. The highest BCUT2D eigenvalue weighted by Crippen LogP contribution is 2.55. The predicted molar refractivity (Wildman–Crippen MR) is 205 cm³/mol. The van der Waals surface area contributed by atoms with Crippen LogP contribution in [0.3, 0.4) is 0 Å². The Hall–Kier alpha value is -3.99. The first-order chi connectivity index (χ1) is 26.5. The van der Waals surface area contributed by atoms with Gasteiger partial charge >= 0.3 is 0 Å². The van der Waals surface area contributed by atoms with Gasteiger partial charge in [0, 0.05) is 23.1 Å². The van der Waals surface area contributed by atoms with Gasteiger partial charge in [0.1, 0.15) is 51.5 Å². The summed E-state index contributed by atoms with van der Waals surface area (Å²) in [6.07, 6.45) is 4.65. The Morgan fingerprint density at radius 3 is 2.69 bits per heavy atom. The Labute approximate surface area is 324 Å². The Balaban J connectivity index is 1.18. The number of aromatic nitrogens is 1. The summed E-state index contributed by atoms with van der Waals surface area (Å²) < 4.78 is 12.5. The summed E-state index contributed by atoms with van der Waals surface area (Å²) in [5.74, 6) is -2.54. The number of anilines is 1. The van der Waals surface area contributed by atoms with Crippen LogP contribution in [0.1, 0.15) is 55.8 Å². The summed E-state index contributed by atoms with van der Waals surface area (Å²) in [6.45, 7) is -0.822. The molecule has 1 spiro atoms. The first-order valence-corrected chi connectivity index (χ1v) is 20.7. The number of aliphatic hydroxyl groups excluding tert-OH is 5. The molecule has 7 N–H and O–H groups in total. The molecule has 1 saturated heterocycles. The summed E-state index contributed by atoms with van der Waals surface area (Å²) in [4.78, 5) is 34.4. The Morgan fingerprint density at radius 1 is 1.05 bits per heavy atom. The smallest absolute Gasteiger partial charge is 0.229 e. The second-order valence-electron chi connectivity index (χ2n) is 15.3. The number of fused-ring (bicyclic) bond motifs is 3. The number of Topliss-reactive ketones (excluding diaryl/α,β-unsaturated/α-hetero) is 2. The number of nitrogens with one attached hydrogen (secondary N) is 1. The Bertz CT molecular complexity index is 2190. The lowest BCUT2D eigenvalue weighted by molar-refractivity contribution is -0.376. The average Bonchev–Trinajstić information content (AvgIpc) is 3.19. The minimum atomic E-state index is -2.21. The standard InChI is InChI=1S/C41H40N2O10S2/c44-18-22-4-1-3-21(13-22)14-23-15-28-33(47)27-5-2-6-29-32(27)34(48)40(28,30(46)16-23)20-54-55-31-8-7-26-24(10-12-42-36(26)43-31)17-25-9-11-39(19-45)38(50)41(25,51)35(49)37(52-29)53-39/h1-8,10,12-13,15-16,25,28,31,35,37-38,44-46,49-51H,9,11,14,17-20H2,(H,42,43). The lowest BCUT2D eigenvalue weighted by Crippen LogP contribution is -2.78. The molecule has 2 fully saturated rings. The lowest BCUT2D eigenvalue weighted by atomic mass is 9.60. The van der Waals surface area contributed by atoms with Gasteiger partial charge in [0.15, 0.2) is 11.6 Å². The fourth-order valence-electron chi connectivity index (χ4n) is 9.33. The molecule has 14 heteroatoms. The van der Waals surface area contributed by atoms with Crippen molar-refractivity contribution in [1.29, 1.82) is 0 Å². The average molecular weight is 785 g/mol. The molecule has 9 bridgehead atoms. The zero-order chi connectivity index (χ0) is 38.3. The van der Waals surface area contributed by atoms with Gasteiger partial charge in [-0.15, -0.1) is 0 Å². The molecule has 9 unspecified atom stereocenters. The van der Waals surface area contributed by atoms with Crippen LogP contribution in [0.2, 0.25) is 0 Å². The molecular weight excluding hydrogens is 745 g/mol. The van der Waals surface area contributed by atoms with E-state index in [1.807, 2.05) is 36.4 Å². The van der Waals surface area contributed by atoms with Crippen molar-refractivity contribution in [3.8, 4) is 5.75 Å². The maximum absolute atomic E-state index is 15.2. The van der Waals surface area contributed by atoms with Crippen LogP contribution in [0.25, 0.3) is 6.08 Å². The normalized spacial score (nSPS) is 34.8. The number of nitrogens with zero attached hydrogens (tertiary/aromatic N) is 1. The highest BCUT2D eigenvalue weighted by Gasteiger charge is 2.68. The number of pyridine rings is 1. The largest absolute Gasteiger partial charge is 0.511 e. The van der Waals surface area contributed by atoms with E-state index in [2.05, 4.69) is 10.3 Å². The summed E-state index contributed by atoms with van der Waals surface area (Å²) >= 11 is 0. The van der Waals surface area contributed by atoms with Crippen molar-refractivity contribution in [2.75, 3.05) is 17.7 Å². The Kier molecular flexibility index (Phi) is 9.05. The zero-order valence-corrected chi connectivity index (χ0v) is 31.1. The number of ether oxygens (including phenoxy) is 2. The molecule has 3 aliphatic carbocycles. The van der Waals surface area contributed by atoms with Crippen LogP contribution in [0.5, 0.6) is 5.75 Å². The molecule has 3 aromatic rings. The number of allylic oxidation sites excluding steroid dienone is 4. The monoisotopic (exact) mass is 784 g/mol. The van der Waals surface area contributed by atoms with E-state index in [0.29, 0.717) is 24.2 Å². The highest BCUT2D eigenvalue weighted by atomic mass is 33.1. The van der Waals surface area contributed by atoms with Gasteiger partial charge in [0.05, 0.1) is 24.7 Å². The molecule has 1 aromatic heterocycles. The second kappa shape index (κ2) is 13.6. The van der Waals surface area contributed by atoms with E-state index in [1.54, 1.807) is 24.4 Å². The van der Waals surface area contributed by atoms with Crippen molar-refractivity contribution in [3.05, 3.63) is 118 Å². The first kappa shape index (κ1) is 36.6. The van der Waals surface area contributed by atoms with Gasteiger partial charge in [0.25, 0.3) is 0 Å². The fraction of sp³-hybridized carbons (Fsp3) is 0.390. The molecule has 4 aliphatic heterocycles. The molecule has 1 saturated carbocycles. The van der Waals surface area contributed by atoms with E-state index in [-0.39, 0.29) is 53.2 Å². The molecule has 55 heavy (non-hydrogen) atoms. The third kappa shape index (κ3) is 5.56. The van der Waals surface area contributed by atoms with Crippen molar-refractivity contribution in [2.24, 2.45) is 17.3 Å². The van der Waals surface area contributed by atoms with Gasteiger partial charge in [0.2, 0.25) is 6.29 Å². The van der Waals surface area contributed by atoms with Crippen molar-refractivity contribution < 1.29 is 49.7 Å². The maximum Gasteiger partial charge on any atom is 0.229 e. The van der Waals surface area contributed by atoms with Crippen LogP contribution < -0.4 is 10.1 Å². The molecule has 0 amide bonds. The van der Waals surface area contributed by atoms with Crippen molar-refractivity contribution in [3.63, 3.8) is 0 Å². The second-order valence-corrected chi connectivity index (χ2v) is 17.8. The molecule has 7 aliphatic rings. The van der Waals surface area contributed by atoms with Gasteiger partial charge in [-0.2, -0.15) is 0 Å². The Morgan fingerprint density at radius 2 is 1.87 bits per heavy atom. The number of carbonyl (C=O) groups excluding carboxylic acids is 2. The van der Waals surface area contributed by atoms with Gasteiger partial charge in [-0.1, -0.05) is 76.2 Å². The number of hydrogen-bond acceptors (Lipinski definition) is 14. The van der Waals surface area contributed by atoms with E-state index in [9.17, 15) is 35.4 Å². The van der Waals surface area contributed by atoms with Crippen molar-refractivity contribution in [1.82, 2.24) is 4.98 Å². The molecule has 2 aromatic carbocycles. The van der Waals surface area contributed by atoms with E-state index >= 15 is 4.79 Å². The number of rotatable bonds is 4. The molecule has 10 rings (SSSR count). The highest BCUT2D eigenvalue weighted by molar-refractivity contribution is 8.77. The number of carbonyl (C=O) groups is 2. The molecular formula is C41H40N2O10S2. The number of hydrogen-bond donors (Lipinski definition) is 7.